The Bertz CT molecular complexity index is 533. The minimum absolute atomic E-state index is 0.146. The van der Waals surface area contributed by atoms with Crippen molar-refractivity contribution in [2.24, 2.45) is 0 Å². The van der Waals surface area contributed by atoms with Gasteiger partial charge in [0.25, 0.3) is 0 Å². The molecular weight excluding hydrogens is 232 g/mol. The zero-order valence-corrected chi connectivity index (χ0v) is 10.3. The lowest BCUT2D eigenvalue weighted by molar-refractivity contribution is -0.116. The molecule has 1 heterocycles. The Kier molecular flexibility index (Phi) is 3.57. The number of carbonyl (C=O) groups excluding carboxylic acids is 1. The first-order valence-corrected chi connectivity index (χ1v) is 5.48. The second-order valence-electron chi connectivity index (χ2n) is 3.83. The van der Waals surface area contributed by atoms with Gasteiger partial charge in [-0.05, 0) is 31.2 Å². The highest BCUT2D eigenvalue weighted by Gasteiger charge is 2.05. The third-order valence-electron chi connectivity index (χ3n) is 2.33. The van der Waals surface area contributed by atoms with Crippen LogP contribution in [0.1, 0.15) is 5.69 Å². The van der Waals surface area contributed by atoms with Gasteiger partial charge in [0.15, 0.2) is 0 Å². The van der Waals surface area contributed by atoms with Crippen LogP contribution in [0.25, 0.3) is 0 Å². The van der Waals surface area contributed by atoms with Crippen LogP contribution in [0.4, 0.5) is 5.69 Å². The molecule has 0 saturated heterocycles. The maximum absolute atomic E-state index is 11.7. The summed E-state index contributed by atoms with van der Waals surface area (Å²) in [5.74, 6) is 0.602. The van der Waals surface area contributed by atoms with Gasteiger partial charge in [-0.1, -0.05) is 5.21 Å². The lowest BCUT2D eigenvalue weighted by atomic mass is 10.3. The number of hydrogen-bond donors (Lipinski definition) is 1. The Morgan fingerprint density at radius 2 is 2.11 bits per heavy atom. The number of aryl methyl sites for hydroxylation is 1. The Morgan fingerprint density at radius 3 is 2.67 bits per heavy atom. The molecule has 94 valence electrons. The molecule has 2 rings (SSSR count). The lowest BCUT2D eigenvalue weighted by Gasteiger charge is -2.05. The number of nitrogens with zero attached hydrogens (tertiary/aromatic N) is 3. The Hall–Kier alpha value is -2.37. The summed E-state index contributed by atoms with van der Waals surface area (Å²) in [6, 6.07) is 7.14. The van der Waals surface area contributed by atoms with Crippen molar-refractivity contribution in [3.8, 4) is 5.75 Å². The van der Waals surface area contributed by atoms with Crippen LogP contribution < -0.4 is 10.1 Å². The van der Waals surface area contributed by atoms with Gasteiger partial charge in [0.05, 0.1) is 12.8 Å². The van der Waals surface area contributed by atoms with Crippen molar-refractivity contribution in [1.29, 1.82) is 0 Å². The monoisotopic (exact) mass is 246 g/mol. The summed E-state index contributed by atoms with van der Waals surface area (Å²) in [7, 11) is 1.60. The van der Waals surface area contributed by atoms with Crippen LogP contribution >= 0.6 is 0 Å². The molecule has 0 atom stereocenters. The van der Waals surface area contributed by atoms with Crippen LogP contribution in [0.5, 0.6) is 5.75 Å². The predicted octanol–water partition coefficient (Wildman–Crippen LogP) is 1.23. The minimum atomic E-state index is -0.148. The zero-order chi connectivity index (χ0) is 13.0. The molecule has 0 radical (unpaired) electrons. The van der Waals surface area contributed by atoms with Crippen LogP contribution in [0, 0.1) is 6.92 Å². The fourth-order valence-corrected chi connectivity index (χ4v) is 1.49. The van der Waals surface area contributed by atoms with E-state index < -0.39 is 0 Å². The molecule has 1 amide bonds. The van der Waals surface area contributed by atoms with Gasteiger partial charge < -0.3 is 10.1 Å². The first kappa shape index (κ1) is 12.1. The standard InChI is InChI=1S/C12H14N4O2/c1-9-7-16(15-14-9)8-12(17)13-10-3-5-11(18-2)6-4-10/h3-7H,8H2,1-2H3,(H,13,17). The van der Waals surface area contributed by atoms with Crippen molar-refractivity contribution in [2.75, 3.05) is 12.4 Å². The average Bonchev–Trinajstić information content (AvgIpc) is 2.75. The second-order valence-corrected chi connectivity index (χ2v) is 3.83. The number of anilines is 1. The van der Waals surface area contributed by atoms with Gasteiger partial charge in [0, 0.05) is 11.9 Å². The summed E-state index contributed by atoms with van der Waals surface area (Å²) < 4.78 is 6.53. The number of ether oxygens (including phenoxy) is 1. The molecule has 2 aromatic rings. The molecule has 6 nitrogen and oxygen atoms in total. The zero-order valence-electron chi connectivity index (χ0n) is 10.3. The number of amides is 1. The van der Waals surface area contributed by atoms with Crippen LogP contribution in [-0.4, -0.2) is 28.0 Å². The molecule has 1 aromatic heterocycles. The molecule has 0 spiro atoms. The van der Waals surface area contributed by atoms with Gasteiger partial charge in [0.2, 0.25) is 5.91 Å². The molecule has 0 unspecified atom stereocenters. The molecule has 0 bridgehead atoms. The molecule has 1 aromatic carbocycles. The van der Waals surface area contributed by atoms with E-state index in [1.165, 1.54) is 4.68 Å². The Balaban J connectivity index is 1.94. The maximum Gasteiger partial charge on any atom is 0.246 e. The molecule has 18 heavy (non-hydrogen) atoms. The first-order chi connectivity index (χ1) is 8.67. The SMILES string of the molecule is COc1ccc(NC(=O)Cn2cc(C)nn2)cc1. The van der Waals surface area contributed by atoms with Crippen molar-refractivity contribution < 1.29 is 9.53 Å². The van der Waals surface area contributed by atoms with Crippen LogP contribution in [0.15, 0.2) is 30.5 Å². The highest BCUT2D eigenvalue weighted by Crippen LogP contribution is 2.14. The molecular formula is C12H14N4O2. The topological polar surface area (TPSA) is 69.0 Å². The third-order valence-corrected chi connectivity index (χ3v) is 2.33. The smallest absolute Gasteiger partial charge is 0.246 e. The molecule has 6 heteroatoms. The van der Waals surface area contributed by atoms with Gasteiger partial charge in [-0.3, -0.25) is 4.79 Å². The summed E-state index contributed by atoms with van der Waals surface area (Å²) in [5.41, 5.74) is 1.50. The van der Waals surface area contributed by atoms with Gasteiger partial charge in [-0.2, -0.15) is 0 Å². The van der Waals surface area contributed by atoms with E-state index in [4.69, 9.17) is 4.74 Å². The van der Waals surface area contributed by atoms with Gasteiger partial charge in [-0.25, -0.2) is 4.68 Å². The lowest BCUT2D eigenvalue weighted by Crippen LogP contribution is -2.19. The fourth-order valence-electron chi connectivity index (χ4n) is 1.49. The quantitative estimate of drug-likeness (QED) is 0.881. The van der Waals surface area contributed by atoms with Crippen molar-refractivity contribution in [3.05, 3.63) is 36.2 Å². The van der Waals surface area contributed by atoms with E-state index >= 15 is 0 Å². The number of methoxy groups -OCH3 is 1. The Morgan fingerprint density at radius 1 is 1.39 bits per heavy atom. The summed E-state index contributed by atoms with van der Waals surface area (Å²) >= 11 is 0. The van der Waals surface area contributed by atoms with Crippen molar-refractivity contribution >= 4 is 11.6 Å². The summed E-state index contributed by atoms with van der Waals surface area (Å²) in [6.07, 6.45) is 1.72. The number of carbonyl (C=O) groups is 1. The molecule has 0 saturated carbocycles. The van der Waals surface area contributed by atoms with Gasteiger partial charge in [-0.15, -0.1) is 5.10 Å². The second kappa shape index (κ2) is 5.31. The fraction of sp³-hybridized carbons (Fsp3) is 0.250. The van der Waals surface area contributed by atoms with E-state index in [1.54, 1.807) is 37.6 Å². The van der Waals surface area contributed by atoms with E-state index in [0.29, 0.717) is 0 Å². The number of benzene rings is 1. The van der Waals surface area contributed by atoms with E-state index in [-0.39, 0.29) is 12.5 Å². The number of hydrogen-bond acceptors (Lipinski definition) is 4. The minimum Gasteiger partial charge on any atom is -0.497 e. The van der Waals surface area contributed by atoms with Crippen molar-refractivity contribution in [2.45, 2.75) is 13.5 Å². The molecule has 0 aliphatic rings. The molecule has 0 aliphatic carbocycles. The van der Waals surface area contributed by atoms with Crippen LogP contribution in [-0.2, 0) is 11.3 Å². The highest BCUT2D eigenvalue weighted by atomic mass is 16.5. The number of rotatable bonds is 4. The van der Waals surface area contributed by atoms with Gasteiger partial charge in [0.1, 0.15) is 12.3 Å². The number of aromatic nitrogens is 3. The summed E-state index contributed by atoms with van der Waals surface area (Å²) in [5, 5.41) is 10.4. The van der Waals surface area contributed by atoms with E-state index in [9.17, 15) is 4.79 Å². The predicted molar refractivity (Wildman–Crippen MR) is 66.4 cm³/mol. The molecule has 0 aliphatic heterocycles. The van der Waals surface area contributed by atoms with E-state index in [2.05, 4.69) is 15.6 Å². The normalized spacial score (nSPS) is 10.1. The van der Waals surface area contributed by atoms with E-state index in [0.717, 1.165) is 17.1 Å². The average molecular weight is 246 g/mol. The number of nitrogens with one attached hydrogen (secondary N) is 1. The van der Waals surface area contributed by atoms with E-state index in [1.807, 2.05) is 6.92 Å². The summed E-state index contributed by atoms with van der Waals surface area (Å²) in [6.45, 7) is 1.97. The van der Waals surface area contributed by atoms with Crippen molar-refractivity contribution in [1.82, 2.24) is 15.0 Å². The Labute approximate surface area is 105 Å². The van der Waals surface area contributed by atoms with Crippen LogP contribution in [0.2, 0.25) is 0 Å². The molecule has 0 fully saturated rings. The third kappa shape index (κ3) is 3.07. The summed E-state index contributed by atoms with van der Waals surface area (Å²) in [4.78, 5) is 11.7. The highest BCUT2D eigenvalue weighted by molar-refractivity contribution is 5.90. The van der Waals surface area contributed by atoms with Gasteiger partial charge >= 0.3 is 0 Å². The first-order valence-electron chi connectivity index (χ1n) is 5.48. The molecule has 1 N–H and O–H groups in total. The maximum atomic E-state index is 11.7. The largest absolute Gasteiger partial charge is 0.497 e. The van der Waals surface area contributed by atoms with Crippen LogP contribution in [0.3, 0.4) is 0 Å². The van der Waals surface area contributed by atoms with Crippen molar-refractivity contribution in [3.63, 3.8) is 0 Å².